The smallest absolute Gasteiger partial charge is 0.225 e. The summed E-state index contributed by atoms with van der Waals surface area (Å²) >= 11 is 0. The maximum absolute atomic E-state index is 13.0. The van der Waals surface area contributed by atoms with Gasteiger partial charge in [0, 0.05) is 24.1 Å². The fourth-order valence-electron chi connectivity index (χ4n) is 2.33. The molecule has 23 heavy (non-hydrogen) atoms. The number of anilines is 2. The highest BCUT2D eigenvalue weighted by atomic mass is 19.1. The van der Waals surface area contributed by atoms with Crippen molar-refractivity contribution in [2.24, 2.45) is 0 Å². The van der Waals surface area contributed by atoms with E-state index in [-0.39, 0.29) is 11.4 Å². The molecular formula is C18H23FN4. The Morgan fingerprint density at radius 1 is 1.13 bits per heavy atom. The number of nitrogens with zero attached hydrogens (tertiary/aromatic N) is 2. The fourth-order valence-corrected chi connectivity index (χ4v) is 2.33. The average molecular weight is 314 g/mol. The lowest BCUT2D eigenvalue weighted by Gasteiger charge is -2.21. The number of benzene rings is 1. The summed E-state index contributed by atoms with van der Waals surface area (Å²) in [6, 6.07) is 8.52. The van der Waals surface area contributed by atoms with Gasteiger partial charge in [0.15, 0.2) is 0 Å². The normalized spacial score (nSPS) is 14.6. The van der Waals surface area contributed by atoms with E-state index in [2.05, 4.69) is 41.4 Å². The molecule has 2 N–H and O–H groups in total. The maximum Gasteiger partial charge on any atom is 0.225 e. The second-order valence-corrected chi connectivity index (χ2v) is 7.13. The highest BCUT2D eigenvalue weighted by Gasteiger charge is 2.26. The van der Waals surface area contributed by atoms with Crippen LogP contribution in [0.1, 0.15) is 50.8 Å². The summed E-state index contributed by atoms with van der Waals surface area (Å²) in [5, 5.41) is 6.65. The van der Waals surface area contributed by atoms with Crippen molar-refractivity contribution in [2.75, 3.05) is 10.6 Å². The molecule has 0 saturated heterocycles. The second kappa shape index (κ2) is 6.14. The van der Waals surface area contributed by atoms with Gasteiger partial charge in [-0.15, -0.1) is 0 Å². The van der Waals surface area contributed by atoms with Crippen LogP contribution < -0.4 is 10.6 Å². The maximum atomic E-state index is 13.0. The van der Waals surface area contributed by atoms with E-state index in [1.165, 1.54) is 25.0 Å². The Kier molecular flexibility index (Phi) is 4.20. The number of rotatable bonds is 5. The average Bonchev–Trinajstić information content (AvgIpc) is 3.29. The lowest BCUT2D eigenvalue weighted by molar-refractivity contribution is 0.625. The molecule has 1 fully saturated rings. The van der Waals surface area contributed by atoms with E-state index < -0.39 is 0 Å². The first-order chi connectivity index (χ1) is 10.9. The zero-order chi connectivity index (χ0) is 16.4. The third-order valence-electron chi connectivity index (χ3n) is 3.62. The molecule has 4 nitrogen and oxygen atoms in total. The highest BCUT2D eigenvalue weighted by molar-refractivity contribution is 5.45. The molecule has 3 rings (SSSR count). The molecule has 0 spiro atoms. The lowest BCUT2D eigenvalue weighted by Crippen LogP contribution is -2.27. The van der Waals surface area contributed by atoms with Crippen molar-refractivity contribution in [1.29, 1.82) is 0 Å². The molecular weight excluding hydrogens is 291 g/mol. The molecule has 5 heteroatoms. The van der Waals surface area contributed by atoms with E-state index >= 15 is 0 Å². The molecule has 1 aromatic heterocycles. The minimum atomic E-state index is -0.219. The zero-order valence-electron chi connectivity index (χ0n) is 13.9. The summed E-state index contributed by atoms with van der Waals surface area (Å²) in [5.41, 5.74) is 2.02. The van der Waals surface area contributed by atoms with E-state index in [1.807, 2.05) is 6.07 Å². The van der Waals surface area contributed by atoms with Crippen LogP contribution in [0.3, 0.4) is 0 Å². The summed E-state index contributed by atoms with van der Waals surface area (Å²) in [5.74, 6) is 1.80. The standard InChI is InChI=1S/C18H23FN4/c1-18(2,3)23-17-21-15(13-6-7-13)10-16(22-17)20-11-12-4-8-14(19)9-5-12/h4-5,8-10,13H,6-7,11H2,1-3H3,(H2,20,21,22,23). The van der Waals surface area contributed by atoms with Crippen LogP contribution in [0, 0.1) is 5.82 Å². The minimum Gasteiger partial charge on any atom is -0.366 e. The quantitative estimate of drug-likeness (QED) is 0.863. The van der Waals surface area contributed by atoms with Gasteiger partial charge in [-0.05, 0) is 51.3 Å². The Labute approximate surface area is 136 Å². The fraction of sp³-hybridized carbons (Fsp3) is 0.444. The molecule has 0 amide bonds. The number of halogens is 1. The Morgan fingerprint density at radius 3 is 2.43 bits per heavy atom. The van der Waals surface area contributed by atoms with E-state index in [0.717, 1.165) is 17.1 Å². The van der Waals surface area contributed by atoms with E-state index in [1.54, 1.807) is 12.1 Å². The Hall–Kier alpha value is -2.17. The third-order valence-corrected chi connectivity index (χ3v) is 3.62. The van der Waals surface area contributed by atoms with Crippen molar-refractivity contribution in [2.45, 2.75) is 51.6 Å². The molecule has 1 saturated carbocycles. The van der Waals surface area contributed by atoms with Crippen molar-refractivity contribution < 1.29 is 4.39 Å². The van der Waals surface area contributed by atoms with Crippen LogP contribution in [0.2, 0.25) is 0 Å². The van der Waals surface area contributed by atoms with Gasteiger partial charge in [-0.3, -0.25) is 0 Å². The van der Waals surface area contributed by atoms with Gasteiger partial charge in [0.2, 0.25) is 5.95 Å². The predicted octanol–water partition coefficient (Wildman–Crippen LogP) is 4.32. The molecule has 1 aliphatic carbocycles. The van der Waals surface area contributed by atoms with Crippen LogP contribution in [0.25, 0.3) is 0 Å². The largest absolute Gasteiger partial charge is 0.366 e. The number of hydrogen-bond acceptors (Lipinski definition) is 4. The third kappa shape index (κ3) is 4.65. The molecule has 0 unspecified atom stereocenters. The van der Waals surface area contributed by atoms with Crippen molar-refractivity contribution in [3.63, 3.8) is 0 Å². The van der Waals surface area contributed by atoms with Crippen LogP contribution in [-0.2, 0) is 6.54 Å². The van der Waals surface area contributed by atoms with Crippen LogP contribution in [0.15, 0.2) is 30.3 Å². The summed E-state index contributed by atoms with van der Waals surface area (Å²) < 4.78 is 13.0. The monoisotopic (exact) mass is 314 g/mol. The molecule has 122 valence electrons. The molecule has 1 aliphatic rings. The van der Waals surface area contributed by atoms with Gasteiger partial charge >= 0.3 is 0 Å². The van der Waals surface area contributed by atoms with Crippen LogP contribution in [0.5, 0.6) is 0 Å². The second-order valence-electron chi connectivity index (χ2n) is 7.13. The Balaban J connectivity index is 1.75. The van der Waals surface area contributed by atoms with Crippen molar-refractivity contribution in [3.05, 3.63) is 47.4 Å². The molecule has 0 atom stereocenters. The van der Waals surface area contributed by atoms with E-state index in [4.69, 9.17) is 0 Å². The lowest BCUT2D eigenvalue weighted by atomic mass is 10.1. The van der Waals surface area contributed by atoms with E-state index in [0.29, 0.717) is 18.4 Å². The van der Waals surface area contributed by atoms with Gasteiger partial charge in [-0.25, -0.2) is 9.37 Å². The van der Waals surface area contributed by atoms with Crippen LogP contribution in [0.4, 0.5) is 16.2 Å². The number of aromatic nitrogens is 2. The van der Waals surface area contributed by atoms with E-state index in [9.17, 15) is 4.39 Å². The Morgan fingerprint density at radius 2 is 1.83 bits per heavy atom. The molecule has 0 aliphatic heterocycles. The van der Waals surface area contributed by atoms with Gasteiger partial charge < -0.3 is 10.6 Å². The van der Waals surface area contributed by atoms with Gasteiger partial charge in [0.1, 0.15) is 11.6 Å². The van der Waals surface area contributed by atoms with Crippen molar-refractivity contribution in [3.8, 4) is 0 Å². The van der Waals surface area contributed by atoms with Gasteiger partial charge in [0.05, 0.1) is 5.69 Å². The molecule has 1 aromatic carbocycles. The SMILES string of the molecule is CC(C)(C)Nc1nc(NCc2ccc(F)cc2)cc(C2CC2)n1. The first-order valence-corrected chi connectivity index (χ1v) is 8.04. The minimum absolute atomic E-state index is 0.0869. The predicted molar refractivity (Wildman–Crippen MR) is 91.1 cm³/mol. The molecule has 1 heterocycles. The topological polar surface area (TPSA) is 49.8 Å². The molecule has 2 aromatic rings. The first kappa shape index (κ1) is 15.7. The summed E-state index contributed by atoms with van der Waals surface area (Å²) in [4.78, 5) is 9.19. The zero-order valence-corrected chi connectivity index (χ0v) is 13.9. The van der Waals surface area contributed by atoms with Gasteiger partial charge in [-0.2, -0.15) is 4.98 Å². The van der Waals surface area contributed by atoms with Gasteiger partial charge in [-0.1, -0.05) is 12.1 Å². The van der Waals surface area contributed by atoms with Gasteiger partial charge in [0.25, 0.3) is 0 Å². The number of hydrogen-bond donors (Lipinski definition) is 2. The number of nitrogens with one attached hydrogen (secondary N) is 2. The summed E-state index contributed by atoms with van der Waals surface area (Å²) in [7, 11) is 0. The summed E-state index contributed by atoms with van der Waals surface area (Å²) in [6.45, 7) is 6.87. The van der Waals surface area contributed by atoms with Crippen LogP contribution in [-0.4, -0.2) is 15.5 Å². The van der Waals surface area contributed by atoms with Crippen molar-refractivity contribution in [1.82, 2.24) is 9.97 Å². The Bertz CT molecular complexity index is 672. The van der Waals surface area contributed by atoms with Crippen LogP contribution >= 0.6 is 0 Å². The highest BCUT2D eigenvalue weighted by Crippen LogP contribution is 2.40. The molecule has 0 radical (unpaired) electrons. The summed E-state index contributed by atoms with van der Waals surface area (Å²) in [6.07, 6.45) is 2.40. The first-order valence-electron chi connectivity index (χ1n) is 8.04. The molecule has 0 bridgehead atoms. The van der Waals surface area contributed by atoms with Crippen molar-refractivity contribution >= 4 is 11.8 Å².